The van der Waals surface area contributed by atoms with E-state index in [4.69, 9.17) is 23.2 Å². The SMILES string of the molecule is Cc1cccc(CSCC(=O)N(Cc2ccc(Cl)cc2Cl)[C@@H](C)C(=O)NC2CCCCC2)c1. The number of nitrogens with one attached hydrogen (secondary N) is 1. The van der Waals surface area contributed by atoms with Gasteiger partial charge >= 0.3 is 0 Å². The zero-order valence-electron chi connectivity index (χ0n) is 19.3. The molecule has 0 radical (unpaired) electrons. The van der Waals surface area contributed by atoms with Crippen molar-refractivity contribution in [3.63, 3.8) is 0 Å². The molecule has 0 unspecified atom stereocenters. The molecule has 178 valence electrons. The Balaban J connectivity index is 1.68. The summed E-state index contributed by atoms with van der Waals surface area (Å²) in [6.07, 6.45) is 5.50. The first-order valence-electron chi connectivity index (χ1n) is 11.5. The first kappa shape index (κ1) is 25.9. The second kappa shape index (κ2) is 12.7. The molecular weight excluding hydrogens is 475 g/mol. The van der Waals surface area contributed by atoms with E-state index >= 15 is 0 Å². The number of aryl methyl sites for hydroxylation is 1. The van der Waals surface area contributed by atoms with Crippen molar-refractivity contribution in [2.24, 2.45) is 0 Å². The third-order valence-corrected chi connectivity index (χ3v) is 7.63. The molecule has 2 aromatic rings. The van der Waals surface area contributed by atoms with E-state index in [1.807, 2.05) is 12.1 Å². The first-order valence-corrected chi connectivity index (χ1v) is 13.4. The fraction of sp³-hybridized carbons (Fsp3) is 0.462. The topological polar surface area (TPSA) is 49.4 Å². The number of halogens is 2. The number of benzene rings is 2. The zero-order chi connectivity index (χ0) is 23.8. The van der Waals surface area contributed by atoms with E-state index in [0.29, 0.717) is 15.8 Å². The molecule has 0 bridgehead atoms. The summed E-state index contributed by atoms with van der Waals surface area (Å²) in [5.41, 5.74) is 3.16. The molecule has 1 atom stereocenters. The van der Waals surface area contributed by atoms with Gasteiger partial charge in [0.15, 0.2) is 0 Å². The van der Waals surface area contributed by atoms with Crippen LogP contribution in [0.1, 0.15) is 55.7 Å². The van der Waals surface area contributed by atoms with Crippen molar-refractivity contribution in [1.82, 2.24) is 10.2 Å². The summed E-state index contributed by atoms with van der Waals surface area (Å²) in [5.74, 6) is 0.847. The standard InChI is InChI=1S/C26H32Cl2N2O2S/c1-18-7-6-8-20(13-18)16-33-17-25(31)30(15-21-11-12-22(27)14-24(21)28)19(2)26(32)29-23-9-4-3-5-10-23/h6-8,11-14,19,23H,3-5,9-10,15-17H2,1-2H3,(H,29,32)/t19-/m0/s1. The normalized spacial score (nSPS) is 15.2. The summed E-state index contributed by atoms with van der Waals surface area (Å²) in [6, 6.07) is 13.1. The summed E-state index contributed by atoms with van der Waals surface area (Å²) in [5, 5.41) is 4.19. The Labute approximate surface area is 211 Å². The number of amides is 2. The van der Waals surface area contributed by atoms with Crippen molar-refractivity contribution in [2.45, 2.75) is 70.3 Å². The highest BCUT2D eigenvalue weighted by molar-refractivity contribution is 7.99. The van der Waals surface area contributed by atoms with Gasteiger partial charge in [0.1, 0.15) is 6.04 Å². The number of carbonyl (C=O) groups excluding carboxylic acids is 2. The van der Waals surface area contributed by atoms with Crippen molar-refractivity contribution in [3.05, 3.63) is 69.2 Å². The Hall–Kier alpha value is -1.69. The lowest BCUT2D eigenvalue weighted by Gasteiger charge is -2.31. The lowest BCUT2D eigenvalue weighted by molar-refractivity contribution is -0.139. The molecule has 2 amide bonds. The Morgan fingerprint density at radius 1 is 1.12 bits per heavy atom. The van der Waals surface area contributed by atoms with Crippen molar-refractivity contribution >= 4 is 46.8 Å². The number of thioether (sulfide) groups is 1. The molecule has 1 saturated carbocycles. The molecule has 0 aliphatic heterocycles. The molecule has 1 aliphatic carbocycles. The largest absolute Gasteiger partial charge is 0.352 e. The third kappa shape index (κ3) is 7.94. The second-order valence-corrected chi connectivity index (χ2v) is 10.6. The monoisotopic (exact) mass is 506 g/mol. The fourth-order valence-corrected chi connectivity index (χ4v) is 5.45. The lowest BCUT2D eigenvalue weighted by Crippen LogP contribution is -2.50. The van der Waals surface area contributed by atoms with Crippen LogP contribution >= 0.6 is 35.0 Å². The van der Waals surface area contributed by atoms with Crippen molar-refractivity contribution in [2.75, 3.05) is 5.75 Å². The van der Waals surface area contributed by atoms with Gasteiger partial charge in [-0.3, -0.25) is 9.59 Å². The highest BCUT2D eigenvalue weighted by Crippen LogP contribution is 2.24. The van der Waals surface area contributed by atoms with Gasteiger partial charge in [-0.15, -0.1) is 11.8 Å². The van der Waals surface area contributed by atoms with E-state index in [0.717, 1.165) is 37.0 Å². The van der Waals surface area contributed by atoms with E-state index in [2.05, 4.69) is 30.4 Å². The fourth-order valence-electron chi connectivity index (χ4n) is 4.13. The van der Waals surface area contributed by atoms with Crippen LogP contribution in [0.4, 0.5) is 0 Å². The molecule has 4 nitrogen and oxygen atoms in total. The molecule has 33 heavy (non-hydrogen) atoms. The van der Waals surface area contributed by atoms with E-state index in [-0.39, 0.29) is 24.4 Å². The minimum Gasteiger partial charge on any atom is -0.352 e. The average molecular weight is 508 g/mol. The second-order valence-electron chi connectivity index (χ2n) is 8.76. The molecule has 3 rings (SSSR count). The molecular formula is C26H32Cl2N2O2S. The molecule has 0 spiro atoms. The third-order valence-electron chi connectivity index (χ3n) is 6.05. The van der Waals surface area contributed by atoms with Crippen LogP contribution in [0.5, 0.6) is 0 Å². The number of hydrogen-bond donors (Lipinski definition) is 1. The number of nitrogens with zero attached hydrogens (tertiary/aromatic N) is 1. The predicted octanol–water partition coefficient (Wildman–Crippen LogP) is 6.40. The van der Waals surface area contributed by atoms with E-state index in [1.165, 1.54) is 17.5 Å². The van der Waals surface area contributed by atoms with Gasteiger partial charge in [-0.25, -0.2) is 0 Å². The van der Waals surface area contributed by atoms with Crippen LogP contribution in [0.2, 0.25) is 10.0 Å². The minimum atomic E-state index is -0.592. The Kier molecular flexibility index (Phi) is 9.96. The lowest BCUT2D eigenvalue weighted by atomic mass is 9.95. The van der Waals surface area contributed by atoms with Gasteiger partial charge in [-0.2, -0.15) is 0 Å². The van der Waals surface area contributed by atoms with Gasteiger partial charge in [0.2, 0.25) is 11.8 Å². The van der Waals surface area contributed by atoms with Crippen LogP contribution in [0.15, 0.2) is 42.5 Å². The molecule has 0 heterocycles. The minimum absolute atomic E-state index is 0.0787. The molecule has 2 aromatic carbocycles. The Morgan fingerprint density at radius 2 is 1.88 bits per heavy atom. The van der Waals surface area contributed by atoms with E-state index in [9.17, 15) is 9.59 Å². The van der Waals surface area contributed by atoms with Gasteiger partial charge in [0, 0.05) is 28.4 Å². The van der Waals surface area contributed by atoms with Gasteiger partial charge < -0.3 is 10.2 Å². The molecule has 1 N–H and O–H groups in total. The number of rotatable bonds is 9. The van der Waals surface area contributed by atoms with Crippen LogP contribution in [0.3, 0.4) is 0 Å². The highest BCUT2D eigenvalue weighted by Gasteiger charge is 2.28. The number of hydrogen-bond acceptors (Lipinski definition) is 3. The highest BCUT2D eigenvalue weighted by atomic mass is 35.5. The maximum atomic E-state index is 13.3. The first-order chi connectivity index (χ1) is 15.8. The van der Waals surface area contributed by atoms with Crippen LogP contribution in [-0.4, -0.2) is 34.6 Å². The summed E-state index contributed by atoms with van der Waals surface area (Å²) in [7, 11) is 0. The van der Waals surface area contributed by atoms with Crippen molar-refractivity contribution < 1.29 is 9.59 Å². The van der Waals surface area contributed by atoms with E-state index < -0.39 is 6.04 Å². The van der Waals surface area contributed by atoms with Crippen LogP contribution < -0.4 is 5.32 Å². The van der Waals surface area contributed by atoms with Gasteiger partial charge in [0.25, 0.3) is 0 Å². The quantitative estimate of drug-likeness (QED) is 0.427. The van der Waals surface area contributed by atoms with Gasteiger partial charge in [0.05, 0.1) is 5.75 Å². The molecule has 1 aliphatic rings. The molecule has 0 saturated heterocycles. The van der Waals surface area contributed by atoms with Crippen LogP contribution in [0.25, 0.3) is 0 Å². The Bertz CT molecular complexity index is 963. The van der Waals surface area contributed by atoms with Crippen LogP contribution in [-0.2, 0) is 21.9 Å². The van der Waals surface area contributed by atoms with Crippen molar-refractivity contribution in [3.8, 4) is 0 Å². The Morgan fingerprint density at radius 3 is 2.58 bits per heavy atom. The molecule has 7 heteroatoms. The zero-order valence-corrected chi connectivity index (χ0v) is 21.6. The summed E-state index contributed by atoms with van der Waals surface area (Å²) in [4.78, 5) is 28.0. The summed E-state index contributed by atoms with van der Waals surface area (Å²) >= 11 is 14.0. The van der Waals surface area contributed by atoms with Gasteiger partial charge in [-0.1, -0.05) is 78.4 Å². The molecule has 1 fully saturated rings. The average Bonchev–Trinajstić information content (AvgIpc) is 2.79. The maximum Gasteiger partial charge on any atom is 0.242 e. The summed E-state index contributed by atoms with van der Waals surface area (Å²) < 4.78 is 0. The maximum absolute atomic E-state index is 13.3. The molecule has 0 aromatic heterocycles. The van der Waals surface area contributed by atoms with Gasteiger partial charge in [-0.05, 0) is 49.9 Å². The van der Waals surface area contributed by atoms with E-state index in [1.54, 1.807) is 35.7 Å². The smallest absolute Gasteiger partial charge is 0.242 e. The predicted molar refractivity (Wildman–Crippen MR) is 139 cm³/mol. The number of carbonyl (C=O) groups is 2. The van der Waals surface area contributed by atoms with Crippen molar-refractivity contribution in [1.29, 1.82) is 0 Å². The summed E-state index contributed by atoms with van der Waals surface area (Å²) in [6.45, 7) is 4.12. The van der Waals surface area contributed by atoms with Crippen LogP contribution in [0, 0.1) is 6.92 Å².